The van der Waals surface area contributed by atoms with Crippen LogP contribution in [0.25, 0.3) is 39.4 Å². The van der Waals surface area contributed by atoms with Crippen molar-refractivity contribution < 1.29 is 4.79 Å². The van der Waals surface area contributed by atoms with Crippen molar-refractivity contribution in [1.29, 1.82) is 0 Å². The molecule has 0 amide bonds. The fourth-order valence-electron chi connectivity index (χ4n) is 4.31. The van der Waals surface area contributed by atoms with Crippen LogP contribution < -0.4 is 0 Å². The van der Waals surface area contributed by atoms with Crippen molar-refractivity contribution in [2.45, 2.75) is 13.8 Å². The SMILES string of the molecule is Cc1ccc(-c2nn(-c3ccccc3)cc2-c2nc3ccccc3n2C(=O)c2ccc(C)nc2)cc1. The van der Waals surface area contributed by atoms with Crippen LogP contribution in [0.15, 0.2) is 103 Å². The first kappa shape index (κ1) is 21.7. The summed E-state index contributed by atoms with van der Waals surface area (Å²) in [6.07, 6.45) is 3.56. The van der Waals surface area contributed by atoms with E-state index in [0.29, 0.717) is 11.4 Å². The summed E-state index contributed by atoms with van der Waals surface area (Å²) in [4.78, 5) is 23.1. The lowest BCUT2D eigenvalue weighted by Crippen LogP contribution is -2.14. The molecule has 0 spiro atoms. The minimum Gasteiger partial charge on any atom is -0.268 e. The molecule has 3 heterocycles. The molecular weight excluding hydrogens is 446 g/mol. The van der Waals surface area contributed by atoms with E-state index < -0.39 is 0 Å². The fraction of sp³-hybridized carbons (Fsp3) is 0.0667. The van der Waals surface area contributed by atoms with Crippen molar-refractivity contribution in [2.75, 3.05) is 0 Å². The molecule has 6 heteroatoms. The summed E-state index contributed by atoms with van der Waals surface area (Å²) in [7, 11) is 0. The molecule has 0 aliphatic carbocycles. The van der Waals surface area contributed by atoms with Crippen LogP contribution in [-0.4, -0.2) is 30.2 Å². The largest absolute Gasteiger partial charge is 0.268 e. The molecule has 3 aromatic carbocycles. The van der Waals surface area contributed by atoms with E-state index in [0.717, 1.165) is 44.8 Å². The molecule has 0 radical (unpaired) electrons. The van der Waals surface area contributed by atoms with Crippen LogP contribution in [0.2, 0.25) is 0 Å². The second-order valence-corrected chi connectivity index (χ2v) is 8.79. The van der Waals surface area contributed by atoms with Crippen LogP contribution in [-0.2, 0) is 0 Å². The van der Waals surface area contributed by atoms with Gasteiger partial charge in [0.2, 0.25) is 0 Å². The van der Waals surface area contributed by atoms with Gasteiger partial charge in [-0.25, -0.2) is 9.67 Å². The normalized spacial score (nSPS) is 11.2. The highest BCUT2D eigenvalue weighted by molar-refractivity contribution is 6.04. The maximum Gasteiger partial charge on any atom is 0.265 e. The number of hydrogen-bond donors (Lipinski definition) is 0. The predicted molar refractivity (Wildman–Crippen MR) is 141 cm³/mol. The number of rotatable bonds is 4. The maximum atomic E-state index is 13.9. The van der Waals surface area contributed by atoms with E-state index in [2.05, 4.69) is 36.2 Å². The Kier molecular flexibility index (Phi) is 5.26. The van der Waals surface area contributed by atoms with Gasteiger partial charge in [-0.2, -0.15) is 5.10 Å². The summed E-state index contributed by atoms with van der Waals surface area (Å²) in [6, 6.07) is 29.5. The maximum absolute atomic E-state index is 13.9. The van der Waals surface area contributed by atoms with Crippen molar-refractivity contribution in [3.63, 3.8) is 0 Å². The number of aromatic nitrogens is 5. The number of para-hydroxylation sites is 3. The molecule has 6 aromatic rings. The van der Waals surface area contributed by atoms with Gasteiger partial charge in [-0.1, -0.05) is 60.2 Å². The number of hydrogen-bond acceptors (Lipinski definition) is 4. The van der Waals surface area contributed by atoms with Gasteiger partial charge < -0.3 is 0 Å². The number of carbonyl (C=O) groups excluding carboxylic acids is 1. The molecule has 6 nitrogen and oxygen atoms in total. The lowest BCUT2D eigenvalue weighted by atomic mass is 10.1. The molecule has 6 rings (SSSR count). The highest BCUT2D eigenvalue weighted by Gasteiger charge is 2.24. The van der Waals surface area contributed by atoms with Crippen LogP contribution in [0.1, 0.15) is 21.6 Å². The molecule has 0 atom stereocenters. The fourth-order valence-corrected chi connectivity index (χ4v) is 4.31. The first-order valence-corrected chi connectivity index (χ1v) is 11.8. The lowest BCUT2D eigenvalue weighted by molar-refractivity contribution is 0.0966. The van der Waals surface area contributed by atoms with E-state index in [1.807, 2.05) is 78.5 Å². The molecule has 0 fully saturated rings. The van der Waals surface area contributed by atoms with Gasteiger partial charge in [0.15, 0.2) is 5.82 Å². The number of imidazole rings is 1. The standard InChI is InChI=1S/C30H23N5O/c1-20-12-15-22(16-13-20)28-25(19-34(33-28)24-8-4-3-5-9-24)29-32-26-10-6-7-11-27(26)35(29)30(36)23-17-14-21(2)31-18-23/h3-19H,1-2H3. The van der Waals surface area contributed by atoms with Gasteiger partial charge >= 0.3 is 0 Å². The van der Waals surface area contributed by atoms with Gasteiger partial charge in [0, 0.05) is 23.7 Å². The number of pyridine rings is 1. The van der Waals surface area contributed by atoms with Crippen LogP contribution >= 0.6 is 0 Å². The van der Waals surface area contributed by atoms with E-state index >= 15 is 0 Å². The first-order valence-electron chi connectivity index (χ1n) is 11.8. The molecule has 0 saturated carbocycles. The van der Waals surface area contributed by atoms with Gasteiger partial charge in [0.1, 0.15) is 5.69 Å². The summed E-state index contributed by atoms with van der Waals surface area (Å²) in [5.74, 6) is 0.355. The van der Waals surface area contributed by atoms with Crippen molar-refractivity contribution in [3.05, 3.63) is 120 Å². The molecule has 0 aliphatic rings. The predicted octanol–water partition coefficient (Wildman–Crippen LogP) is 6.26. The Hall–Kier alpha value is -4.84. The molecule has 3 aromatic heterocycles. The van der Waals surface area contributed by atoms with Crippen molar-refractivity contribution in [1.82, 2.24) is 24.3 Å². The van der Waals surface area contributed by atoms with E-state index in [-0.39, 0.29) is 5.91 Å². The van der Waals surface area contributed by atoms with Crippen LogP contribution in [0, 0.1) is 13.8 Å². The summed E-state index contributed by atoms with van der Waals surface area (Å²) in [5.41, 5.74) is 7.39. The van der Waals surface area contributed by atoms with E-state index in [1.54, 1.807) is 16.8 Å². The quantitative estimate of drug-likeness (QED) is 0.306. The molecule has 0 N–H and O–H groups in total. The Bertz CT molecular complexity index is 1690. The second kappa shape index (κ2) is 8.74. The minimum absolute atomic E-state index is 0.187. The van der Waals surface area contributed by atoms with E-state index in [1.165, 1.54) is 0 Å². The molecule has 0 saturated heterocycles. The summed E-state index contributed by atoms with van der Waals surface area (Å²) in [6.45, 7) is 3.96. The number of nitrogens with zero attached hydrogens (tertiary/aromatic N) is 5. The van der Waals surface area contributed by atoms with E-state index in [4.69, 9.17) is 10.1 Å². The van der Waals surface area contributed by atoms with Gasteiger partial charge in [0.05, 0.1) is 27.8 Å². The van der Waals surface area contributed by atoms with Gasteiger partial charge in [-0.15, -0.1) is 0 Å². The zero-order valence-electron chi connectivity index (χ0n) is 20.0. The Morgan fingerprint density at radius 3 is 2.31 bits per heavy atom. The smallest absolute Gasteiger partial charge is 0.265 e. The first-order chi connectivity index (χ1) is 17.6. The Morgan fingerprint density at radius 1 is 0.806 bits per heavy atom. The molecule has 36 heavy (non-hydrogen) atoms. The zero-order chi connectivity index (χ0) is 24.6. The average molecular weight is 470 g/mol. The Morgan fingerprint density at radius 2 is 1.56 bits per heavy atom. The Balaban J connectivity index is 1.62. The monoisotopic (exact) mass is 469 g/mol. The topological polar surface area (TPSA) is 65.6 Å². The van der Waals surface area contributed by atoms with Gasteiger partial charge in [0.25, 0.3) is 5.91 Å². The van der Waals surface area contributed by atoms with Crippen molar-refractivity contribution in [2.24, 2.45) is 0 Å². The second-order valence-electron chi connectivity index (χ2n) is 8.79. The van der Waals surface area contributed by atoms with Crippen LogP contribution in [0.4, 0.5) is 0 Å². The average Bonchev–Trinajstić information content (AvgIpc) is 3.52. The van der Waals surface area contributed by atoms with Crippen LogP contribution in [0.3, 0.4) is 0 Å². The number of benzene rings is 3. The highest BCUT2D eigenvalue weighted by Crippen LogP contribution is 2.34. The van der Waals surface area contributed by atoms with Gasteiger partial charge in [-0.05, 0) is 50.2 Å². The van der Waals surface area contributed by atoms with Crippen LogP contribution in [0.5, 0.6) is 0 Å². The summed E-state index contributed by atoms with van der Waals surface area (Å²) in [5, 5.41) is 4.95. The molecule has 174 valence electrons. The number of fused-ring (bicyclic) bond motifs is 1. The summed E-state index contributed by atoms with van der Waals surface area (Å²) >= 11 is 0. The van der Waals surface area contributed by atoms with E-state index in [9.17, 15) is 4.79 Å². The molecular formula is C30H23N5O. The Labute approximate surface area is 208 Å². The molecule has 0 bridgehead atoms. The summed E-state index contributed by atoms with van der Waals surface area (Å²) < 4.78 is 3.51. The molecule has 0 unspecified atom stereocenters. The third kappa shape index (κ3) is 3.79. The van der Waals surface area contributed by atoms with Crippen molar-refractivity contribution >= 4 is 16.9 Å². The zero-order valence-corrected chi connectivity index (χ0v) is 20.0. The number of aryl methyl sites for hydroxylation is 2. The molecule has 0 aliphatic heterocycles. The third-order valence-corrected chi connectivity index (χ3v) is 6.22. The third-order valence-electron chi connectivity index (χ3n) is 6.22. The number of carbonyl (C=O) groups is 1. The lowest BCUT2D eigenvalue weighted by Gasteiger charge is -2.09. The highest BCUT2D eigenvalue weighted by atomic mass is 16.2. The minimum atomic E-state index is -0.187. The van der Waals surface area contributed by atoms with Crippen molar-refractivity contribution in [3.8, 4) is 28.3 Å². The van der Waals surface area contributed by atoms with Gasteiger partial charge in [-0.3, -0.25) is 14.3 Å².